The van der Waals surface area contributed by atoms with Crippen LogP contribution in [0.3, 0.4) is 0 Å². The summed E-state index contributed by atoms with van der Waals surface area (Å²) in [4.78, 5) is 27.0. The standard InChI is InChI=1S/C25H28Cl2N4O2/c1-15-7-10-20(16(2)11-15)31-22(13-21(29-31)25(3,4)5)28-23(32)14-30(6)24(33)18-9-8-17(26)12-19(18)27/h7-13H,14H2,1-6H3,(H,28,32). The normalized spacial score (nSPS) is 11.4. The minimum Gasteiger partial charge on any atom is -0.332 e. The maximum absolute atomic E-state index is 12.9. The summed E-state index contributed by atoms with van der Waals surface area (Å²) in [7, 11) is 1.55. The van der Waals surface area contributed by atoms with E-state index in [1.54, 1.807) is 23.9 Å². The predicted molar refractivity (Wildman–Crippen MR) is 134 cm³/mol. The molecule has 6 nitrogen and oxygen atoms in total. The zero-order valence-corrected chi connectivity index (χ0v) is 21.2. The van der Waals surface area contributed by atoms with Gasteiger partial charge in [0.1, 0.15) is 5.82 Å². The highest BCUT2D eigenvalue weighted by Crippen LogP contribution is 2.28. The third-order valence-corrected chi connectivity index (χ3v) is 5.76. The average Bonchev–Trinajstić information content (AvgIpc) is 3.11. The zero-order chi connectivity index (χ0) is 24.5. The van der Waals surface area contributed by atoms with Crippen molar-refractivity contribution in [3.8, 4) is 5.69 Å². The molecule has 0 saturated heterocycles. The van der Waals surface area contributed by atoms with Crippen LogP contribution in [0.4, 0.5) is 5.82 Å². The van der Waals surface area contributed by atoms with Crippen molar-refractivity contribution in [1.82, 2.24) is 14.7 Å². The maximum Gasteiger partial charge on any atom is 0.255 e. The highest BCUT2D eigenvalue weighted by molar-refractivity contribution is 6.36. The van der Waals surface area contributed by atoms with Crippen LogP contribution >= 0.6 is 23.2 Å². The van der Waals surface area contributed by atoms with Crippen molar-refractivity contribution in [2.75, 3.05) is 18.9 Å². The quantitative estimate of drug-likeness (QED) is 0.494. The van der Waals surface area contributed by atoms with Crippen molar-refractivity contribution in [3.05, 3.63) is 74.9 Å². The number of carbonyl (C=O) groups is 2. The lowest BCUT2D eigenvalue weighted by Gasteiger charge is -2.18. The summed E-state index contributed by atoms with van der Waals surface area (Å²) in [5.41, 5.74) is 3.98. The number of hydrogen-bond donors (Lipinski definition) is 1. The molecule has 8 heteroatoms. The Kier molecular flexibility index (Phi) is 7.20. The number of anilines is 1. The monoisotopic (exact) mass is 486 g/mol. The minimum absolute atomic E-state index is 0.152. The molecule has 0 aliphatic rings. The number of benzene rings is 2. The molecule has 2 amide bonds. The van der Waals surface area contributed by atoms with E-state index in [9.17, 15) is 9.59 Å². The number of nitrogens with zero attached hydrogens (tertiary/aromatic N) is 3. The Balaban J connectivity index is 1.85. The number of carbonyl (C=O) groups excluding carboxylic acids is 2. The molecule has 0 unspecified atom stereocenters. The molecular formula is C25H28Cl2N4O2. The number of rotatable bonds is 5. The number of halogens is 2. The Morgan fingerprint density at radius 3 is 2.36 bits per heavy atom. The fourth-order valence-electron chi connectivity index (χ4n) is 3.40. The molecule has 0 bridgehead atoms. The second kappa shape index (κ2) is 9.57. The van der Waals surface area contributed by atoms with Gasteiger partial charge in [-0.1, -0.05) is 61.7 Å². The molecule has 0 atom stereocenters. The zero-order valence-electron chi connectivity index (χ0n) is 19.7. The van der Waals surface area contributed by atoms with E-state index in [0.29, 0.717) is 10.8 Å². The first-order chi connectivity index (χ1) is 15.4. The van der Waals surface area contributed by atoms with E-state index in [1.165, 1.54) is 11.0 Å². The van der Waals surface area contributed by atoms with Crippen LogP contribution in [0.25, 0.3) is 5.69 Å². The molecule has 1 heterocycles. The first-order valence-electron chi connectivity index (χ1n) is 10.6. The van der Waals surface area contributed by atoms with Gasteiger partial charge in [-0.15, -0.1) is 0 Å². The molecule has 0 radical (unpaired) electrons. The van der Waals surface area contributed by atoms with E-state index in [1.807, 2.05) is 32.0 Å². The van der Waals surface area contributed by atoms with Crippen molar-refractivity contribution >= 4 is 40.8 Å². The third-order valence-electron chi connectivity index (χ3n) is 5.21. The highest BCUT2D eigenvalue weighted by Gasteiger charge is 2.23. The van der Waals surface area contributed by atoms with Gasteiger partial charge in [0.2, 0.25) is 5.91 Å². The second-order valence-corrected chi connectivity index (χ2v) is 10.0. The third kappa shape index (κ3) is 5.75. The first kappa shape index (κ1) is 24.8. The molecule has 33 heavy (non-hydrogen) atoms. The lowest BCUT2D eigenvalue weighted by atomic mass is 9.92. The smallest absolute Gasteiger partial charge is 0.255 e. The van der Waals surface area contributed by atoms with E-state index in [0.717, 1.165) is 22.5 Å². The van der Waals surface area contributed by atoms with Gasteiger partial charge in [-0.2, -0.15) is 5.10 Å². The van der Waals surface area contributed by atoms with Crippen LogP contribution in [0, 0.1) is 13.8 Å². The highest BCUT2D eigenvalue weighted by atomic mass is 35.5. The number of aromatic nitrogens is 2. The lowest BCUT2D eigenvalue weighted by molar-refractivity contribution is -0.116. The largest absolute Gasteiger partial charge is 0.332 e. The van der Waals surface area contributed by atoms with Gasteiger partial charge in [-0.25, -0.2) is 4.68 Å². The van der Waals surface area contributed by atoms with Gasteiger partial charge in [0.25, 0.3) is 5.91 Å². The van der Waals surface area contributed by atoms with Gasteiger partial charge in [0.05, 0.1) is 28.5 Å². The van der Waals surface area contributed by atoms with Crippen molar-refractivity contribution in [2.45, 2.75) is 40.0 Å². The Bertz CT molecular complexity index is 1210. The van der Waals surface area contributed by atoms with Crippen molar-refractivity contribution in [3.63, 3.8) is 0 Å². The second-order valence-electron chi connectivity index (χ2n) is 9.20. The molecule has 174 valence electrons. The molecule has 0 saturated carbocycles. The van der Waals surface area contributed by atoms with Gasteiger partial charge in [0, 0.05) is 23.6 Å². The van der Waals surface area contributed by atoms with Crippen LogP contribution in [-0.2, 0) is 10.2 Å². The fraction of sp³-hybridized carbons (Fsp3) is 0.320. The summed E-state index contributed by atoms with van der Waals surface area (Å²) >= 11 is 12.1. The molecule has 0 aliphatic carbocycles. The average molecular weight is 487 g/mol. The Morgan fingerprint density at radius 2 is 1.76 bits per heavy atom. The van der Waals surface area contributed by atoms with Gasteiger partial charge < -0.3 is 10.2 Å². The Labute approximate surface area is 204 Å². The summed E-state index contributed by atoms with van der Waals surface area (Å²) in [6, 6.07) is 12.6. The summed E-state index contributed by atoms with van der Waals surface area (Å²) in [6.07, 6.45) is 0. The molecule has 3 rings (SSSR count). The number of aryl methyl sites for hydroxylation is 2. The van der Waals surface area contributed by atoms with Crippen molar-refractivity contribution in [1.29, 1.82) is 0 Å². The van der Waals surface area contributed by atoms with Crippen molar-refractivity contribution < 1.29 is 9.59 Å². The summed E-state index contributed by atoms with van der Waals surface area (Å²) < 4.78 is 1.74. The van der Waals surface area contributed by atoms with E-state index in [-0.39, 0.29) is 34.4 Å². The lowest BCUT2D eigenvalue weighted by Crippen LogP contribution is -2.35. The number of hydrogen-bond acceptors (Lipinski definition) is 3. The van der Waals surface area contributed by atoms with E-state index in [4.69, 9.17) is 28.3 Å². The topological polar surface area (TPSA) is 67.2 Å². The van der Waals surface area contributed by atoms with Crippen molar-refractivity contribution in [2.24, 2.45) is 0 Å². The number of likely N-dealkylation sites (N-methyl/N-ethyl adjacent to an activating group) is 1. The van der Waals surface area contributed by atoms with Crippen LogP contribution in [-0.4, -0.2) is 40.1 Å². The molecule has 1 N–H and O–H groups in total. The minimum atomic E-state index is -0.370. The maximum atomic E-state index is 12.9. The number of amides is 2. The van der Waals surface area contributed by atoms with E-state index >= 15 is 0 Å². The molecule has 2 aromatic carbocycles. The van der Waals surface area contributed by atoms with Crippen LogP contribution in [0.15, 0.2) is 42.5 Å². The van der Waals surface area contributed by atoms with Crippen LogP contribution in [0.2, 0.25) is 10.0 Å². The van der Waals surface area contributed by atoms with Crippen LogP contribution < -0.4 is 5.32 Å². The van der Waals surface area contributed by atoms with Gasteiger partial charge >= 0.3 is 0 Å². The van der Waals surface area contributed by atoms with Gasteiger partial charge in [-0.3, -0.25) is 9.59 Å². The summed E-state index contributed by atoms with van der Waals surface area (Å²) in [5.74, 6) is -0.172. The Hall–Kier alpha value is -2.83. The Morgan fingerprint density at radius 1 is 1.06 bits per heavy atom. The fourth-order valence-corrected chi connectivity index (χ4v) is 3.89. The van der Waals surface area contributed by atoms with Crippen LogP contribution in [0.5, 0.6) is 0 Å². The molecule has 0 fully saturated rings. The molecule has 3 aromatic rings. The molecular weight excluding hydrogens is 459 g/mol. The van der Waals surface area contributed by atoms with E-state index < -0.39 is 0 Å². The summed E-state index contributed by atoms with van der Waals surface area (Å²) in [5, 5.41) is 8.36. The molecule has 0 spiro atoms. The predicted octanol–water partition coefficient (Wildman–Crippen LogP) is 5.80. The van der Waals surface area contributed by atoms with Gasteiger partial charge in [0.15, 0.2) is 0 Å². The number of nitrogens with one attached hydrogen (secondary N) is 1. The van der Waals surface area contributed by atoms with Crippen LogP contribution in [0.1, 0.15) is 48.0 Å². The summed E-state index contributed by atoms with van der Waals surface area (Å²) in [6.45, 7) is 10.1. The molecule has 1 aromatic heterocycles. The van der Waals surface area contributed by atoms with Gasteiger partial charge in [-0.05, 0) is 43.7 Å². The first-order valence-corrected chi connectivity index (χ1v) is 11.3. The van der Waals surface area contributed by atoms with E-state index in [2.05, 4.69) is 32.2 Å². The SMILES string of the molecule is Cc1ccc(-n2nc(C(C)(C)C)cc2NC(=O)CN(C)C(=O)c2ccc(Cl)cc2Cl)c(C)c1. The molecule has 0 aliphatic heterocycles.